The Labute approximate surface area is 208 Å². The molecule has 0 saturated carbocycles. The van der Waals surface area contributed by atoms with Crippen LogP contribution in [0.15, 0.2) is 48.5 Å². The molecule has 0 spiro atoms. The average molecular weight is 506 g/mol. The number of methoxy groups -OCH3 is 2. The Bertz CT molecular complexity index is 1110. The second kappa shape index (κ2) is 13.0. The zero-order chi connectivity index (χ0) is 26.0. The molecule has 2 amide bonds. The quantitative estimate of drug-likeness (QED) is 0.449. The third kappa shape index (κ3) is 7.88. The molecule has 0 aliphatic heterocycles. The van der Waals surface area contributed by atoms with Crippen molar-refractivity contribution in [3.63, 3.8) is 0 Å². The summed E-state index contributed by atoms with van der Waals surface area (Å²) in [7, 11) is -0.573. The number of hydrogen-bond donors (Lipinski definition) is 1. The van der Waals surface area contributed by atoms with Gasteiger partial charge in [-0.1, -0.05) is 24.3 Å². The van der Waals surface area contributed by atoms with Gasteiger partial charge < -0.3 is 19.7 Å². The third-order valence-electron chi connectivity index (χ3n) is 5.51. The Hall–Kier alpha value is -3.27. The number of nitrogens with zero attached hydrogens (tertiary/aromatic N) is 2. The summed E-state index contributed by atoms with van der Waals surface area (Å²) in [5.41, 5.74) is 1.23. The predicted octanol–water partition coefficient (Wildman–Crippen LogP) is 2.80. The summed E-state index contributed by atoms with van der Waals surface area (Å²) < 4.78 is 36.8. The van der Waals surface area contributed by atoms with E-state index < -0.39 is 16.1 Å². The molecule has 0 fully saturated rings. The first kappa shape index (κ1) is 28.0. The minimum absolute atomic E-state index is 0.0644. The molecule has 9 nitrogen and oxygen atoms in total. The highest BCUT2D eigenvalue weighted by Crippen LogP contribution is 2.29. The number of amides is 2. The van der Waals surface area contributed by atoms with Crippen molar-refractivity contribution >= 4 is 27.5 Å². The standard InChI is InChI=1S/C25H35N3O6S/c1-6-26-25(30)19(2)27(18-20-11-9-12-21(17-20)33-3)24(29)15-10-16-28(35(5,31)32)22-13-7-8-14-23(22)34-4/h7-9,11-14,17,19H,6,10,15-16,18H2,1-5H3,(H,26,30)/t19-/m1/s1. The van der Waals surface area contributed by atoms with Gasteiger partial charge in [-0.2, -0.15) is 0 Å². The number of nitrogens with one attached hydrogen (secondary N) is 1. The Morgan fingerprint density at radius 3 is 2.40 bits per heavy atom. The van der Waals surface area contributed by atoms with Gasteiger partial charge >= 0.3 is 0 Å². The lowest BCUT2D eigenvalue weighted by atomic mass is 10.1. The number of anilines is 1. The smallest absolute Gasteiger partial charge is 0.242 e. The van der Waals surface area contributed by atoms with E-state index >= 15 is 0 Å². The van der Waals surface area contributed by atoms with Crippen LogP contribution in [0.1, 0.15) is 32.3 Å². The highest BCUT2D eigenvalue weighted by molar-refractivity contribution is 7.92. The number of benzene rings is 2. The first-order valence-corrected chi connectivity index (χ1v) is 13.3. The largest absolute Gasteiger partial charge is 0.497 e. The highest BCUT2D eigenvalue weighted by Gasteiger charge is 2.27. The van der Waals surface area contributed by atoms with E-state index in [9.17, 15) is 18.0 Å². The van der Waals surface area contributed by atoms with Crippen LogP contribution in [0, 0.1) is 0 Å². The fraction of sp³-hybridized carbons (Fsp3) is 0.440. The summed E-state index contributed by atoms with van der Waals surface area (Å²) in [4.78, 5) is 27.3. The molecule has 35 heavy (non-hydrogen) atoms. The molecular weight excluding hydrogens is 470 g/mol. The molecule has 192 valence electrons. The Kier molecular flexibility index (Phi) is 10.4. The maximum absolute atomic E-state index is 13.3. The second-order valence-corrected chi connectivity index (χ2v) is 9.96. The predicted molar refractivity (Wildman–Crippen MR) is 136 cm³/mol. The van der Waals surface area contributed by atoms with Crippen molar-refractivity contribution in [1.29, 1.82) is 0 Å². The monoisotopic (exact) mass is 505 g/mol. The number of carbonyl (C=O) groups is 2. The summed E-state index contributed by atoms with van der Waals surface area (Å²) in [6, 6.07) is 13.4. The number of para-hydroxylation sites is 2. The van der Waals surface area contributed by atoms with Crippen LogP contribution in [-0.2, 0) is 26.2 Å². The number of sulfonamides is 1. The first-order chi connectivity index (χ1) is 16.6. The van der Waals surface area contributed by atoms with Crippen molar-refractivity contribution in [2.45, 2.75) is 39.3 Å². The van der Waals surface area contributed by atoms with Crippen molar-refractivity contribution in [2.75, 3.05) is 37.9 Å². The van der Waals surface area contributed by atoms with Gasteiger partial charge in [-0.05, 0) is 50.1 Å². The van der Waals surface area contributed by atoms with Gasteiger partial charge in [0.05, 0.1) is 26.2 Å². The van der Waals surface area contributed by atoms with Crippen LogP contribution in [0.2, 0.25) is 0 Å². The molecule has 1 N–H and O–H groups in total. The molecule has 0 heterocycles. The Morgan fingerprint density at radius 1 is 1.06 bits per heavy atom. The maximum Gasteiger partial charge on any atom is 0.242 e. The van der Waals surface area contributed by atoms with Crippen LogP contribution in [0.5, 0.6) is 11.5 Å². The molecule has 0 bridgehead atoms. The number of hydrogen-bond acceptors (Lipinski definition) is 6. The lowest BCUT2D eigenvalue weighted by molar-refractivity contribution is -0.140. The molecule has 0 aliphatic rings. The molecule has 2 aromatic rings. The molecule has 2 rings (SSSR count). The van der Waals surface area contributed by atoms with Crippen molar-refractivity contribution in [3.05, 3.63) is 54.1 Å². The van der Waals surface area contributed by atoms with Crippen LogP contribution in [0.3, 0.4) is 0 Å². The normalized spacial score (nSPS) is 11.9. The van der Waals surface area contributed by atoms with E-state index in [1.165, 1.54) is 16.3 Å². The van der Waals surface area contributed by atoms with Crippen LogP contribution >= 0.6 is 0 Å². The third-order valence-corrected chi connectivity index (χ3v) is 6.69. The molecular formula is C25H35N3O6S. The second-order valence-electron chi connectivity index (χ2n) is 8.05. The molecule has 0 unspecified atom stereocenters. The minimum Gasteiger partial charge on any atom is -0.497 e. The average Bonchev–Trinajstić information content (AvgIpc) is 2.84. The molecule has 0 saturated heterocycles. The zero-order valence-electron chi connectivity index (χ0n) is 21.0. The SMILES string of the molecule is CCNC(=O)[C@@H](C)N(Cc1cccc(OC)c1)C(=O)CCCN(c1ccccc1OC)S(C)(=O)=O. The van der Waals surface area contributed by atoms with Gasteiger partial charge in [0.2, 0.25) is 21.8 Å². The van der Waals surface area contributed by atoms with Gasteiger partial charge in [0.1, 0.15) is 17.5 Å². The molecule has 1 atom stereocenters. The molecule has 2 aromatic carbocycles. The van der Waals surface area contributed by atoms with Gasteiger partial charge in [-0.25, -0.2) is 8.42 Å². The van der Waals surface area contributed by atoms with E-state index in [4.69, 9.17) is 9.47 Å². The number of likely N-dealkylation sites (N-methyl/N-ethyl adjacent to an activating group) is 1. The van der Waals surface area contributed by atoms with Crippen LogP contribution in [0.25, 0.3) is 0 Å². The van der Waals surface area contributed by atoms with Gasteiger partial charge in [-0.15, -0.1) is 0 Å². The van der Waals surface area contributed by atoms with Crippen molar-refractivity contribution in [3.8, 4) is 11.5 Å². The van der Waals surface area contributed by atoms with Gasteiger partial charge in [0.15, 0.2) is 0 Å². The summed E-state index contributed by atoms with van der Waals surface area (Å²) in [5.74, 6) is 0.575. The van der Waals surface area contributed by atoms with E-state index in [0.717, 1.165) is 11.8 Å². The lowest BCUT2D eigenvalue weighted by Gasteiger charge is -2.29. The molecule has 0 aromatic heterocycles. The summed E-state index contributed by atoms with van der Waals surface area (Å²) in [6.07, 6.45) is 1.45. The van der Waals surface area contributed by atoms with E-state index in [-0.39, 0.29) is 37.7 Å². The van der Waals surface area contributed by atoms with Crippen LogP contribution in [-0.4, -0.2) is 64.7 Å². The van der Waals surface area contributed by atoms with E-state index in [1.54, 1.807) is 44.4 Å². The topological polar surface area (TPSA) is 105 Å². The van der Waals surface area contributed by atoms with Crippen molar-refractivity contribution in [2.24, 2.45) is 0 Å². The van der Waals surface area contributed by atoms with Crippen LogP contribution in [0.4, 0.5) is 5.69 Å². The minimum atomic E-state index is -3.61. The van der Waals surface area contributed by atoms with E-state index in [1.807, 2.05) is 25.1 Å². The highest BCUT2D eigenvalue weighted by atomic mass is 32.2. The number of carbonyl (C=O) groups excluding carboxylic acids is 2. The van der Waals surface area contributed by atoms with Gasteiger partial charge in [-0.3, -0.25) is 13.9 Å². The summed E-state index contributed by atoms with van der Waals surface area (Å²) in [5, 5.41) is 2.76. The maximum atomic E-state index is 13.3. The lowest BCUT2D eigenvalue weighted by Crippen LogP contribution is -2.47. The van der Waals surface area contributed by atoms with Gasteiger partial charge in [0, 0.05) is 26.1 Å². The first-order valence-electron chi connectivity index (χ1n) is 11.4. The van der Waals surface area contributed by atoms with Crippen molar-refractivity contribution in [1.82, 2.24) is 10.2 Å². The number of ether oxygens (including phenoxy) is 2. The fourth-order valence-electron chi connectivity index (χ4n) is 3.69. The van der Waals surface area contributed by atoms with E-state index in [0.29, 0.717) is 23.7 Å². The Morgan fingerprint density at radius 2 is 1.77 bits per heavy atom. The van der Waals surface area contributed by atoms with Gasteiger partial charge in [0.25, 0.3) is 0 Å². The summed E-state index contributed by atoms with van der Waals surface area (Å²) >= 11 is 0. The fourth-order valence-corrected chi connectivity index (χ4v) is 4.66. The van der Waals surface area contributed by atoms with Crippen molar-refractivity contribution < 1.29 is 27.5 Å². The van der Waals surface area contributed by atoms with E-state index in [2.05, 4.69) is 5.32 Å². The summed E-state index contributed by atoms with van der Waals surface area (Å²) in [6.45, 7) is 4.26. The molecule has 0 aliphatic carbocycles. The molecule has 10 heteroatoms. The number of rotatable bonds is 13. The van der Waals surface area contributed by atoms with Crippen LogP contribution < -0.4 is 19.1 Å². The molecule has 0 radical (unpaired) electrons. The Balaban J connectivity index is 2.20. The zero-order valence-corrected chi connectivity index (χ0v) is 21.8.